The van der Waals surface area contributed by atoms with E-state index in [1.54, 1.807) is 0 Å². The van der Waals surface area contributed by atoms with Crippen LogP contribution in [0.3, 0.4) is 0 Å². The summed E-state index contributed by atoms with van der Waals surface area (Å²) in [6.45, 7) is 8.01. The Morgan fingerprint density at radius 3 is 2.10 bits per heavy atom. The van der Waals surface area contributed by atoms with Gasteiger partial charge in [0.05, 0.1) is 5.92 Å². The van der Waals surface area contributed by atoms with Crippen LogP contribution in [-0.4, -0.2) is 11.6 Å². The van der Waals surface area contributed by atoms with Gasteiger partial charge in [0.1, 0.15) is 5.60 Å². The molecule has 0 aromatic heterocycles. The van der Waals surface area contributed by atoms with E-state index in [0.717, 1.165) is 0 Å². The summed E-state index contributed by atoms with van der Waals surface area (Å²) in [5.41, 5.74) is -0.217. The van der Waals surface area contributed by atoms with E-state index in [4.69, 9.17) is 4.74 Å². The monoisotopic (exact) mass is 142 g/mol. The van der Waals surface area contributed by atoms with Crippen molar-refractivity contribution in [2.45, 2.75) is 33.3 Å². The van der Waals surface area contributed by atoms with E-state index in [1.165, 1.54) is 0 Å². The molecule has 2 nitrogen and oxygen atoms in total. The summed E-state index contributed by atoms with van der Waals surface area (Å²) in [7, 11) is 0. The van der Waals surface area contributed by atoms with E-state index >= 15 is 0 Å². The quantitative estimate of drug-likeness (QED) is 0.520. The molecule has 0 amide bonds. The van der Waals surface area contributed by atoms with E-state index in [2.05, 4.69) is 0 Å². The van der Waals surface area contributed by atoms with Gasteiger partial charge < -0.3 is 4.74 Å². The highest BCUT2D eigenvalue weighted by Crippen LogP contribution is 2.38. The number of carbonyl (C=O) groups is 1. The van der Waals surface area contributed by atoms with Crippen LogP contribution in [0.4, 0.5) is 0 Å². The molecule has 1 atom stereocenters. The van der Waals surface area contributed by atoms with Crippen molar-refractivity contribution in [3.8, 4) is 0 Å². The van der Waals surface area contributed by atoms with Crippen LogP contribution in [0.25, 0.3) is 0 Å². The zero-order valence-electron chi connectivity index (χ0n) is 6.97. The fourth-order valence-electron chi connectivity index (χ4n) is 1.69. The SMILES string of the molecule is CC(C)[C@@H]1C(=O)OC1(C)C. The first-order chi connectivity index (χ1) is 4.45. The van der Waals surface area contributed by atoms with Crippen LogP contribution >= 0.6 is 0 Å². The van der Waals surface area contributed by atoms with Crippen LogP contribution in [0.5, 0.6) is 0 Å². The Hall–Kier alpha value is -0.530. The minimum absolute atomic E-state index is 0.0417. The van der Waals surface area contributed by atoms with Gasteiger partial charge in [-0.2, -0.15) is 0 Å². The largest absolute Gasteiger partial charge is 0.458 e. The lowest BCUT2D eigenvalue weighted by Gasteiger charge is -2.44. The first-order valence-electron chi connectivity index (χ1n) is 3.68. The molecule has 0 aliphatic carbocycles. The summed E-state index contributed by atoms with van der Waals surface area (Å²) in [5.74, 6) is 0.462. The van der Waals surface area contributed by atoms with Crippen LogP contribution < -0.4 is 0 Å². The Morgan fingerprint density at radius 2 is 2.00 bits per heavy atom. The van der Waals surface area contributed by atoms with E-state index in [9.17, 15) is 4.79 Å². The average molecular weight is 142 g/mol. The zero-order chi connectivity index (χ0) is 7.94. The van der Waals surface area contributed by atoms with E-state index in [1.807, 2.05) is 27.7 Å². The lowest BCUT2D eigenvalue weighted by atomic mass is 9.77. The molecule has 1 heterocycles. The number of hydrogen-bond donors (Lipinski definition) is 0. The Balaban J connectivity index is 2.66. The van der Waals surface area contributed by atoms with Crippen LogP contribution in [0.2, 0.25) is 0 Å². The normalized spacial score (nSPS) is 29.7. The molecule has 1 fully saturated rings. The maximum Gasteiger partial charge on any atom is 0.313 e. The second-order valence-corrected chi connectivity index (χ2v) is 3.75. The Morgan fingerprint density at radius 1 is 1.50 bits per heavy atom. The van der Waals surface area contributed by atoms with Crippen molar-refractivity contribution in [1.29, 1.82) is 0 Å². The maximum atomic E-state index is 10.9. The van der Waals surface area contributed by atoms with E-state index in [-0.39, 0.29) is 17.5 Å². The van der Waals surface area contributed by atoms with Crippen molar-refractivity contribution in [3.63, 3.8) is 0 Å². The highest BCUT2D eigenvalue weighted by Gasteiger charge is 2.50. The maximum absolute atomic E-state index is 10.9. The molecule has 58 valence electrons. The minimum atomic E-state index is -0.217. The number of esters is 1. The van der Waals surface area contributed by atoms with Gasteiger partial charge in [-0.25, -0.2) is 0 Å². The van der Waals surface area contributed by atoms with Gasteiger partial charge in [-0.05, 0) is 19.8 Å². The molecule has 0 aromatic carbocycles. The number of rotatable bonds is 1. The van der Waals surface area contributed by atoms with Crippen LogP contribution in [0, 0.1) is 11.8 Å². The zero-order valence-corrected chi connectivity index (χ0v) is 6.97. The molecule has 1 saturated heterocycles. The fraction of sp³-hybridized carbons (Fsp3) is 0.875. The predicted molar refractivity (Wildman–Crippen MR) is 38.5 cm³/mol. The summed E-state index contributed by atoms with van der Waals surface area (Å²) in [4.78, 5) is 10.9. The fourth-order valence-corrected chi connectivity index (χ4v) is 1.69. The summed E-state index contributed by atoms with van der Waals surface area (Å²) >= 11 is 0. The summed E-state index contributed by atoms with van der Waals surface area (Å²) in [5, 5.41) is 0. The number of hydrogen-bond acceptors (Lipinski definition) is 2. The molecular weight excluding hydrogens is 128 g/mol. The number of ether oxygens (including phenoxy) is 1. The van der Waals surface area contributed by atoms with Gasteiger partial charge in [0.15, 0.2) is 0 Å². The Kier molecular flexibility index (Phi) is 1.50. The first kappa shape index (κ1) is 7.58. The molecule has 0 N–H and O–H groups in total. The lowest BCUT2D eigenvalue weighted by molar-refractivity contribution is -0.210. The molecule has 0 bridgehead atoms. The van der Waals surface area contributed by atoms with Crippen molar-refractivity contribution >= 4 is 5.97 Å². The van der Waals surface area contributed by atoms with Crippen molar-refractivity contribution in [2.75, 3.05) is 0 Å². The van der Waals surface area contributed by atoms with Crippen LogP contribution in [0.15, 0.2) is 0 Å². The summed E-state index contributed by atoms with van der Waals surface area (Å²) in [6.07, 6.45) is 0. The molecular formula is C8H14O2. The van der Waals surface area contributed by atoms with Crippen LogP contribution in [-0.2, 0) is 9.53 Å². The van der Waals surface area contributed by atoms with Crippen molar-refractivity contribution in [1.82, 2.24) is 0 Å². The molecule has 0 radical (unpaired) electrons. The third-order valence-electron chi connectivity index (χ3n) is 2.03. The molecule has 0 aromatic rings. The number of carbonyl (C=O) groups excluding carboxylic acids is 1. The molecule has 0 unspecified atom stereocenters. The van der Waals surface area contributed by atoms with Crippen molar-refractivity contribution < 1.29 is 9.53 Å². The Bertz CT molecular complexity index is 159. The van der Waals surface area contributed by atoms with Crippen molar-refractivity contribution in [2.24, 2.45) is 11.8 Å². The van der Waals surface area contributed by atoms with Gasteiger partial charge in [0.25, 0.3) is 0 Å². The van der Waals surface area contributed by atoms with Crippen LogP contribution in [0.1, 0.15) is 27.7 Å². The number of cyclic esters (lactones) is 1. The molecule has 1 aliphatic rings. The average Bonchev–Trinajstić information content (AvgIpc) is 1.58. The smallest absolute Gasteiger partial charge is 0.313 e. The van der Waals surface area contributed by atoms with Gasteiger partial charge in [-0.1, -0.05) is 13.8 Å². The molecule has 0 saturated carbocycles. The molecule has 1 aliphatic heterocycles. The van der Waals surface area contributed by atoms with Gasteiger partial charge in [0, 0.05) is 0 Å². The third-order valence-corrected chi connectivity index (χ3v) is 2.03. The molecule has 0 spiro atoms. The van der Waals surface area contributed by atoms with Gasteiger partial charge >= 0.3 is 5.97 Å². The summed E-state index contributed by atoms with van der Waals surface area (Å²) < 4.78 is 4.96. The first-order valence-corrected chi connectivity index (χ1v) is 3.68. The van der Waals surface area contributed by atoms with E-state index in [0.29, 0.717) is 5.92 Å². The van der Waals surface area contributed by atoms with E-state index < -0.39 is 0 Å². The Labute approximate surface area is 61.6 Å². The predicted octanol–water partition coefficient (Wildman–Crippen LogP) is 1.59. The third kappa shape index (κ3) is 0.917. The van der Waals surface area contributed by atoms with Gasteiger partial charge in [-0.15, -0.1) is 0 Å². The highest BCUT2D eigenvalue weighted by atomic mass is 16.6. The van der Waals surface area contributed by atoms with Gasteiger partial charge in [0.2, 0.25) is 0 Å². The summed E-state index contributed by atoms with van der Waals surface area (Å²) in [6, 6.07) is 0. The second kappa shape index (κ2) is 1.97. The molecule has 1 rings (SSSR count). The second-order valence-electron chi connectivity index (χ2n) is 3.75. The lowest BCUT2D eigenvalue weighted by Crippen LogP contribution is -2.55. The molecule has 2 heteroatoms. The van der Waals surface area contributed by atoms with Gasteiger partial charge in [-0.3, -0.25) is 4.79 Å². The van der Waals surface area contributed by atoms with Crippen molar-refractivity contribution in [3.05, 3.63) is 0 Å². The topological polar surface area (TPSA) is 26.3 Å². The molecule has 10 heavy (non-hydrogen) atoms. The minimum Gasteiger partial charge on any atom is -0.458 e. The highest BCUT2D eigenvalue weighted by molar-refractivity contribution is 5.80. The standard InChI is InChI=1S/C8H14O2/c1-5(2)6-7(9)10-8(6,3)4/h5-6H,1-4H3/t6-/m1/s1.